The second kappa shape index (κ2) is 8.43. The quantitative estimate of drug-likeness (QED) is 0.758. The molecule has 1 amide bonds. The third-order valence-electron chi connectivity index (χ3n) is 6.13. The summed E-state index contributed by atoms with van der Waals surface area (Å²) in [4.78, 5) is 30.6. The Morgan fingerprint density at radius 2 is 2.00 bits per heavy atom. The van der Waals surface area contributed by atoms with Gasteiger partial charge in [0, 0.05) is 11.1 Å². The van der Waals surface area contributed by atoms with Gasteiger partial charge in [-0.25, -0.2) is 4.79 Å². The number of nitrogens with zero attached hydrogens (tertiary/aromatic N) is 2. The van der Waals surface area contributed by atoms with E-state index in [1.807, 2.05) is 38.1 Å². The van der Waals surface area contributed by atoms with Crippen LogP contribution in [0.1, 0.15) is 62.7 Å². The van der Waals surface area contributed by atoms with Gasteiger partial charge >= 0.3 is 5.97 Å². The molecule has 1 aliphatic rings. The largest absolute Gasteiger partial charge is 0.449 e. The predicted octanol–water partition coefficient (Wildman–Crippen LogP) is 3.96. The minimum absolute atomic E-state index is 0.0907. The first-order valence-electron chi connectivity index (χ1n) is 10.5. The molecule has 0 unspecified atom stereocenters. The number of pyridine rings is 1. The lowest BCUT2D eigenvalue weighted by molar-refractivity contribution is -0.130. The van der Waals surface area contributed by atoms with Crippen molar-refractivity contribution in [3.8, 4) is 6.07 Å². The summed E-state index contributed by atoms with van der Waals surface area (Å²) < 4.78 is 5.59. The van der Waals surface area contributed by atoms with E-state index in [4.69, 9.17) is 9.72 Å². The number of nitriles is 1. The molecule has 0 saturated carbocycles. The van der Waals surface area contributed by atoms with Crippen LogP contribution >= 0.6 is 0 Å². The molecule has 0 aliphatic heterocycles. The molecule has 6 nitrogen and oxygen atoms in total. The molecule has 0 bridgehead atoms. The van der Waals surface area contributed by atoms with Gasteiger partial charge in [0.2, 0.25) is 0 Å². The zero-order chi connectivity index (χ0) is 22.1. The van der Waals surface area contributed by atoms with Crippen molar-refractivity contribution in [1.82, 2.24) is 10.3 Å². The molecule has 2 aromatic rings. The molecule has 1 aromatic carbocycles. The smallest absolute Gasteiger partial charge is 0.339 e. The number of hydrogen-bond acceptors (Lipinski definition) is 5. The Bertz CT molecular complexity index is 1020. The maximum atomic E-state index is 13.2. The fourth-order valence-electron chi connectivity index (χ4n) is 3.73. The standard InChI is InChI=1S/C24H29N3O3/c1-14(2)24(5,13-25)27-22(28)16(4)30-23(29)21-17-8-6-7-9-19(17)26-20-11-10-15(3)12-18(20)21/h6-9,14-16H,10-12H2,1-5H3,(H,27,28)/t15-,16+,24+/m1/s1. The van der Waals surface area contributed by atoms with Crippen LogP contribution < -0.4 is 5.32 Å². The molecule has 3 atom stereocenters. The highest BCUT2D eigenvalue weighted by atomic mass is 16.5. The number of benzene rings is 1. The van der Waals surface area contributed by atoms with Gasteiger partial charge in [0.1, 0.15) is 5.54 Å². The summed E-state index contributed by atoms with van der Waals surface area (Å²) in [6.07, 6.45) is 1.60. The number of carbonyl (C=O) groups excluding carboxylic acids is 2. The summed E-state index contributed by atoms with van der Waals surface area (Å²) >= 11 is 0. The van der Waals surface area contributed by atoms with E-state index in [0.717, 1.165) is 41.4 Å². The fraction of sp³-hybridized carbons (Fsp3) is 0.500. The van der Waals surface area contributed by atoms with E-state index in [1.54, 1.807) is 6.92 Å². The number of amides is 1. The Balaban J connectivity index is 1.91. The molecule has 1 aromatic heterocycles. The first-order valence-corrected chi connectivity index (χ1v) is 10.5. The number of aryl methyl sites for hydroxylation is 1. The van der Waals surface area contributed by atoms with Gasteiger partial charge in [-0.2, -0.15) is 5.26 Å². The van der Waals surface area contributed by atoms with E-state index in [1.165, 1.54) is 6.92 Å². The third-order valence-corrected chi connectivity index (χ3v) is 6.13. The molecule has 1 heterocycles. The Hall–Kier alpha value is -2.94. The van der Waals surface area contributed by atoms with Crippen LogP contribution in [-0.4, -0.2) is 28.5 Å². The number of carbonyl (C=O) groups is 2. The zero-order valence-electron chi connectivity index (χ0n) is 18.3. The third kappa shape index (κ3) is 4.16. The van der Waals surface area contributed by atoms with E-state index < -0.39 is 23.5 Å². The average molecular weight is 408 g/mol. The van der Waals surface area contributed by atoms with Gasteiger partial charge in [-0.05, 0) is 56.6 Å². The first kappa shape index (κ1) is 21.8. The molecule has 6 heteroatoms. The predicted molar refractivity (Wildman–Crippen MR) is 115 cm³/mol. The van der Waals surface area contributed by atoms with Crippen LogP contribution in [-0.2, 0) is 22.4 Å². The second-order valence-corrected chi connectivity index (χ2v) is 8.78. The van der Waals surface area contributed by atoms with Crippen molar-refractivity contribution in [3.05, 3.63) is 41.1 Å². The van der Waals surface area contributed by atoms with E-state index in [-0.39, 0.29) is 5.92 Å². The van der Waals surface area contributed by atoms with E-state index in [0.29, 0.717) is 11.5 Å². The van der Waals surface area contributed by atoms with Crippen LogP contribution in [0.3, 0.4) is 0 Å². The van der Waals surface area contributed by atoms with Crippen molar-refractivity contribution in [2.45, 2.75) is 65.5 Å². The lowest BCUT2D eigenvalue weighted by Crippen LogP contribution is -2.52. The van der Waals surface area contributed by atoms with Gasteiger partial charge in [0.05, 0.1) is 17.1 Å². The summed E-state index contributed by atoms with van der Waals surface area (Å²) in [5.74, 6) is -0.645. The maximum absolute atomic E-state index is 13.2. The number of para-hydroxylation sites is 1. The van der Waals surface area contributed by atoms with Crippen molar-refractivity contribution >= 4 is 22.8 Å². The van der Waals surface area contributed by atoms with Gasteiger partial charge < -0.3 is 10.1 Å². The molecular formula is C24H29N3O3. The molecule has 1 N–H and O–H groups in total. The molecule has 0 saturated heterocycles. The number of aromatic nitrogens is 1. The monoisotopic (exact) mass is 407 g/mol. The van der Waals surface area contributed by atoms with Crippen LogP contribution in [0.25, 0.3) is 10.9 Å². The van der Waals surface area contributed by atoms with Crippen LogP contribution in [0.5, 0.6) is 0 Å². The lowest BCUT2D eigenvalue weighted by Gasteiger charge is -2.29. The highest BCUT2D eigenvalue weighted by Crippen LogP contribution is 2.32. The van der Waals surface area contributed by atoms with Crippen LogP contribution in [0.4, 0.5) is 0 Å². The van der Waals surface area contributed by atoms with Gasteiger partial charge in [-0.3, -0.25) is 9.78 Å². The second-order valence-electron chi connectivity index (χ2n) is 8.78. The number of rotatable bonds is 5. The van der Waals surface area contributed by atoms with Crippen molar-refractivity contribution in [2.75, 3.05) is 0 Å². The SMILES string of the molecule is CC(C)[C@](C)(C#N)NC(=O)[C@H](C)OC(=O)c1c2c(nc3ccccc13)CC[C@@H](C)C2. The van der Waals surface area contributed by atoms with Gasteiger partial charge in [-0.1, -0.05) is 39.0 Å². The van der Waals surface area contributed by atoms with Crippen LogP contribution in [0, 0.1) is 23.2 Å². The normalized spacial score (nSPS) is 18.8. The molecular weight excluding hydrogens is 378 g/mol. The van der Waals surface area contributed by atoms with Crippen molar-refractivity contribution in [3.63, 3.8) is 0 Å². The fourth-order valence-corrected chi connectivity index (χ4v) is 3.73. The Morgan fingerprint density at radius 1 is 1.30 bits per heavy atom. The average Bonchev–Trinajstić information content (AvgIpc) is 2.71. The number of esters is 1. The zero-order valence-corrected chi connectivity index (χ0v) is 18.3. The van der Waals surface area contributed by atoms with Crippen molar-refractivity contribution < 1.29 is 14.3 Å². The minimum atomic E-state index is -1.03. The summed E-state index contributed by atoms with van der Waals surface area (Å²) in [5, 5.41) is 12.9. The highest BCUT2D eigenvalue weighted by molar-refractivity contribution is 6.05. The number of nitrogens with one attached hydrogen (secondary N) is 1. The topological polar surface area (TPSA) is 92.1 Å². The minimum Gasteiger partial charge on any atom is -0.449 e. The van der Waals surface area contributed by atoms with Gasteiger partial charge in [0.15, 0.2) is 6.10 Å². The molecule has 30 heavy (non-hydrogen) atoms. The molecule has 0 fully saturated rings. The molecule has 0 radical (unpaired) electrons. The van der Waals surface area contributed by atoms with E-state index in [9.17, 15) is 14.9 Å². The van der Waals surface area contributed by atoms with Crippen molar-refractivity contribution in [2.24, 2.45) is 11.8 Å². The number of hydrogen-bond donors (Lipinski definition) is 1. The van der Waals surface area contributed by atoms with Gasteiger partial charge in [0.25, 0.3) is 5.91 Å². The molecule has 3 rings (SSSR count). The molecule has 1 aliphatic carbocycles. The van der Waals surface area contributed by atoms with Gasteiger partial charge in [-0.15, -0.1) is 0 Å². The molecule has 158 valence electrons. The Morgan fingerprint density at radius 3 is 2.67 bits per heavy atom. The maximum Gasteiger partial charge on any atom is 0.339 e. The van der Waals surface area contributed by atoms with E-state index in [2.05, 4.69) is 18.3 Å². The summed E-state index contributed by atoms with van der Waals surface area (Å²) in [6, 6.07) is 9.67. The first-order chi connectivity index (χ1) is 14.2. The van der Waals surface area contributed by atoms with Crippen LogP contribution in [0.2, 0.25) is 0 Å². The van der Waals surface area contributed by atoms with Crippen LogP contribution in [0.15, 0.2) is 24.3 Å². The lowest BCUT2D eigenvalue weighted by atomic mass is 9.84. The Kier molecular flexibility index (Phi) is 6.12. The highest BCUT2D eigenvalue weighted by Gasteiger charge is 2.33. The van der Waals surface area contributed by atoms with E-state index >= 15 is 0 Å². The van der Waals surface area contributed by atoms with Crippen molar-refractivity contribution in [1.29, 1.82) is 5.26 Å². The Labute approximate surface area is 177 Å². The summed E-state index contributed by atoms with van der Waals surface area (Å²) in [6.45, 7) is 9.08. The molecule has 0 spiro atoms. The summed E-state index contributed by atoms with van der Waals surface area (Å²) in [7, 11) is 0. The number of fused-ring (bicyclic) bond motifs is 2. The number of ether oxygens (including phenoxy) is 1. The summed E-state index contributed by atoms with van der Waals surface area (Å²) in [5.41, 5.74) is 2.10.